The molecular weight excluding hydrogens is 444 g/mol. The Hall–Kier alpha value is -3.72. The summed E-state index contributed by atoms with van der Waals surface area (Å²) in [6, 6.07) is 15.8. The number of amides is 2. The van der Waals surface area contributed by atoms with Crippen molar-refractivity contribution < 1.29 is 14.3 Å². The molecule has 0 aliphatic heterocycles. The molecule has 0 saturated heterocycles. The molecule has 9 heteroatoms. The van der Waals surface area contributed by atoms with Crippen molar-refractivity contribution >= 4 is 35.6 Å². The fourth-order valence-electron chi connectivity index (χ4n) is 3.38. The Balaban J connectivity index is 1.66. The predicted octanol–water partition coefficient (Wildman–Crippen LogP) is 3.00. The molecule has 0 atom stereocenters. The summed E-state index contributed by atoms with van der Waals surface area (Å²) in [4.78, 5) is 28.1. The third-order valence-electron chi connectivity index (χ3n) is 5.32. The third-order valence-corrected chi connectivity index (χ3v) is 5.32. The molecule has 0 heterocycles. The van der Waals surface area contributed by atoms with Crippen LogP contribution in [0.3, 0.4) is 0 Å². The molecule has 0 aliphatic carbocycles. The molecule has 9 nitrogen and oxygen atoms in total. The van der Waals surface area contributed by atoms with E-state index in [-0.39, 0.29) is 13.2 Å². The van der Waals surface area contributed by atoms with Gasteiger partial charge < -0.3 is 14.5 Å². The van der Waals surface area contributed by atoms with Gasteiger partial charge in [-0.1, -0.05) is 24.3 Å². The molecule has 188 valence electrons. The summed E-state index contributed by atoms with van der Waals surface area (Å²) >= 11 is 0. The quantitative estimate of drug-likeness (QED) is 0.320. The summed E-state index contributed by atoms with van der Waals surface area (Å²) < 4.78 is 5.11. The molecule has 35 heavy (non-hydrogen) atoms. The van der Waals surface area contributed by atoms with Crippen molar-refractivity contribution in [3.8, 4) is 0 Å². The monoisotopic (exact) mass is 480 g/mol. The van der Waals surface area contributed by atoms with E-state index in [1.165, 1.54) is 0 Å². The maximum Gasteiger partial charge on any atom is 0.266 e. The van der Waals surface area contributed by atoms with Gasteiger partial charge in [-0.2, -0.15) is 10.2 Å². The Bertz CT molecular complexity index is 886. The SMILES string of the molecule is CCN(CC)c1ccc(/C=N\NC(=O)COCC(=O)N/N=C\c2ccc(N(CC)CC)cc2)cc1. The molecule has 2 rings (SSSR count). The van der Waals surface area contributed by atoms with Crippen molar-refractivity contribution in [2.24, 2.45) is 10.2 Å². The number of rotatable bonds is 14. The number of carbonyl (C=O) groups excluding carboxylic acids is 2. The Kier molecular flexibility index (Phi) is 12.0. The molecule has 2 amide bonds. The van der Waals surface area contributed by atoms with E-state index in [0.29, 0.717) is 0 Å². The second kappa shape index (κ2) is 15.2. The average molecular weight is 481 g/mol. The van der Waals surface area contributed by atoms with Crippen LogP contribution in [0.25, 0.3) is 0 Å². The fraction of sp³-hybridized carbons (Fsp3) is 0.385. The Labute approximate surface area is 207 Å². The fourth-order valence-corrected chi connectivity index (χ4v) is 3.38. The van der Waals surface area contributed by atoms with Gasteiger partial charge in [0.25, 0.3) is 11.8 Å². The van der Waals surface area contributed by atoms with Crippen LogP contribution in [0.5, 0.6) is 0 Å². The third kappa shape index (κ3) is 9.58. The van der Waals surface area contributed by atoms with Gasteiger partial charge in [0.15, 0.2) is 0 Å². The summed E-state index contributed by atoms with van der Waals surface area (Å²) in [6.07, 6.45) is 3.11. The van der Waals surface area contributed by atoms with Crippen LogP contribution in [-0.4, -0.2) is 63.6 Å². The highest BCUT2D eigenvalue weighted by Gasteiger charge is 2.05. The van der Waals surface area contributed by atoms with E-state index >= 15 is 0 Å². The first-order valence-electron chi connectivity index (χ1n) is 11.9. The minimum Gasteiger partial charge on any atom is -0.372 e. The van der Waals surface area contributed by atoms with E-state index < -0.39 is 11.8 Å². The second-order valence-corrected chi connectivity index (χ2v) is 7.61. The first-order valence-corrected chi connectivity index (χ1v) is 11.9. The Morgan fingerprint density at radius 2 is 1.03 bits per heavy atom. The van der Waals surface area contributed by atoms with Crippen molar-refractivity contribution in [1.82, 2.24) is 10.9 Å². The Morgan fingerprint density at radius 3 is 1.34 bits per heavy atom. The smallest absolute Gasteiger partial charge is 0.266 e. The summed E-state index contributed by atoms with van der Waals surface area (Å²) in [5.41, 5.74) is 8.77. The van der Waals surface area contributed by atoms with Crippen molar-refractivity contribution in [2.75, 3.05) is 49.2 Å². The minimum atomic E-state index is -0.453. The van der Waals surface area contributed by atoms with E-state index in [4.69, 9.17) is 4.74 Å². The molecule has 0 aliphatic rings. The first kappa shape index (κ1) is 27.5. The Morgan fingerprint density at radius 1 is 0.686 bits per heavy atom. The molecule has 2 aromatic carbocycles. The lowest BCUT2D eigenvalue weighted by Crippen LogP contribution is -2.28. The zero-order valence-corrected chi connectivity index (χ0v) is 21.0. The van der Waals surface area contributed by atoms with Crippen LogP contribution in [0.4, 0.5) is 11.4 Å². The number of nitrogens with zero attached hydrogens (tertiary/aromatic N) is 4. The maximum absolute atomic E-state index is 11.8. The van der Waals surface area contributed by atoms with Crippen molar-refractivity contribution in [3.63, 3.8) is 0 Å². The number of ether oxygens (including phenoxy) is 1. The molecule has 0 saturated carbocycles. The minimum absolute atomic E-state index is 0.289. The molecule has 0 fully saturated rings. The van der Waals surface area contributed by atoms with E-state index in [1.807, 2.05) is 48.5 Å². The molecule has 0 spiro atoms. The number of hydrogen-bond donors (Lipinski definition) is 2. The number of hydrazone groups is 2. The van der Waals surface area contributed by atoms with Crippen molar-refractivity contribution in [3.05, 3.63) is 59.7 Å². The lowest BCUT2D eigenvalue weighted by molar-refractivity contribution is -0.130. The van der Waals surface area contributed by atoms with Gasteiger partial charge in [-0.15, -0.1) is 0 Å². The topological polar surface area (TPSA) is 98.6 Å². The van der Waals surface area contributed by atoms with E-state index in [1.54, 1.807) is 12.4 Å². The zero-order chi connectivity index (χ0) is 25.5. The van der Waals surface area contributed by atoms with Crippen LogP contribution < -0.4 is 20.7 Å². The van der Waals surface area contributed by atoms with Gasteiger partial charge in [-0.3, -0.25) is 9.59 Å². The van der Waals surface area contributed by atoms with Crippen LogP contribution >= 0.6 is 0 Å². The first-order chi connectivity index (χ1) is 17.0. The molecule has 0 radical (unpaired) electrons. The van der Waals surface area contributed by atoms with E-state index in [9.17, 15) is 9.59 Å². The normalized spacial score (nSPS) is 11.1. The van der Waals surface area contributed by atoms with Gasteiger partial charge in [0.05, 0.1) is 12.4 Å². The van der Waals surface area contributed by atoms with E-state index in [0.717, 1.165) is 48.7 Å². The van der Waals surface area contributed by atoms with Crippen LogP contribution in [0, 0.1) is 0 Å². The van der Waals surface area contributed by atoms with Gasteiger partial charge in [-0.05, 0) is 63.1 Å². The van der Waals surface area contributed by atoms with Crippen LogP contribution in [0.15, 0.2) is 58.7 Å². The van der Waals surface area contributed by atoms with E-state index in [2.05, 4.69) is 58.5 Å². The number of nitrogens with one attached hydrogen (secondary N) is 2. The predicted molar refractivity (Wildman–Crippen MR) is 142 cm³/mol. The summed E-state index contributed by atoms with van der Waals surface area (Å²) in [7, 11) is 0. The molecule has 2 N–H and O–H groups in total. The van der Waals surface area contributed by atoms with Crippen molar-refractivity contribution in [2.45, 2.75) is 27.7 Å². The highest BCUT2D eigenvalue weighted by molar-refractivity contribution is 5.84. The maximum atomic E-state index is 11.8. The highest BCUT2D eigenvalue weighted by Crippen LogP contribution is 2.14. The van der Waals surface area contributed by atoms with Gasteiger partial charge in [-0.25, -0.2) is 10.9 Å². The van der Waals surface area contributed by atoms with Crippen LogP contribution in [0.2, 0.25) is 0 Å². The molecule has 0 unspecified atom stereocenters. The highest BCUT2D eigenvalue weighted by atomic mass is 16.5. The molecule has 2 aromatic rings. The lowest BCUT2D eigenvalue weighted by Gasteiger charge is -2.20. The lowest BCUT2D eigenvalue weighted by atomic mass is 10.2. The number of carbonyl (C=O) groups is 2. The van der Waals surface area contributed by atoms with Gasteiger partial charge in [0.1, 0.15) is 13.2 Å². The average Bonchev–Trinajstić information content (AvgIpc) is 2.87. The summed E-state index contributed by atoms with van der Waals surface area (Å²) in [6.45, 7) is 11.6. The van der Waals surface area contributed by atoms with Gasteiger partial charge in [0.2, 0.25) is 0 Å². The van der Waals surface area contributed by atoms with Gasteiger partial charge in [0, 0.05) is 37.6 Å². The standard InChI is InChI=1S/C26H36N6O3/c1-5-31(6-2)23-13-9-21(10-14-23)17-27-29-25(33)19-35-20-26(34)30-28-18-22-11-15-24(16-12-22)32(7-3)8-4/h9-18H,5-8,19-20H2,1-4H3,(H,29,33)(H,30,34)/b27-17-,28-18-. The van der Waals surface area contributed by atoms with Crippen LogP contribution in [-0.2, 0) is 14.3 Å². The second-order valence-electron chi connectivity index (χ2n) is 7.61. The number of benzene rings is 2. The molecular formula is C26H36N6O3. The van der Waals surface area contributed by atoms with Gasteiger partial charge >= 0.3 is 0 Å². The largest absolute Gasteiger partial charge is 0.372 e. The molecule has 0 bridgehead atoms. The van der Waals surface area contributed by atoms with Crippen LogP contribution in [0.1, 0.15) is 38.8 Å². The number of hydrogen-bond acceptors (Lipinski definition) is 7. The number of anilines is 2. The molecule has 0 aromatic heterocycles. The zero-order valence-electron chi connectivity index (χ0n) is 21.0. The van der Waals surface area contributed by atoms with Crippen molar-refractivity contribution in [1.29, 1.82) is 0 Å². The summed E-state index contributed by atoms with van der Waals surface area (Å²) in [5, 5.41) is 7.84. The summed E-state index contributed by atoms with van der Waals surface area (Å²) in [5.74, 6) is -0.906.